The lowest BCUT2D eigenvalue weighted by Gasteiger charge is -2.18. The first kappa shape index (κ1) is 21.3. The first-order valence-corrected chi connectivity index (χ1v) is 6.17. The van der Waals surface area contributed by atoms with Crippen molar-refractivity contribution in [3.05, 3.63) is 0 Å². The molecule has 0 aromatic heterocycles. The van der Waals surface area contributed by atoms with Crippen molar-refractivity contribution in [2.24, 2.45) is 11.8 Å². The molecule has 2 atom stereocenters. The van der Waals surface area contributed by atoms with Crippen LogP contribution in [0.25, 0.3) is 0 Å². The summed E-state index contributed by atoms with van der Waals surface area (Å²) in [5.74, 6) is -5.01. The van der Waals surface area contributed by atoms with Gasteiger partial charge in [0.25, 0.3) is 0 Å². The van der Waals surface area contributed by atoms with Gasteiger partial charge in [0.2, 0.25) is 0 Å². The molecule has 1 N–H and O–H groups in total. The number of hydrogen-bond donors (Lipinski definition) is 1. The van der Waals surface area contributed by atoms with E-state index in [2.05, 4.69) is 4.74 Å². The number of alkyl halides is 6. The van der Waals surface area contributed by atoms with Crippen LogP contribution < -0.4 is 0 Å². The van der Waals surface area contributed by atoms with Crippen LogP contribution in [0.3, 0.4) is 0 Å². The van der Waals surface area contributed by atoms with Crippen LogP contribution in [-0.4, -0.2) is 61.2 Å². The van der Waals surface area contributed by atoms with Crippen molar-refractivity contribution in [2.45, 2.75) is 18.8 Å². The molecule has 0 amide bonds. The predicted molar refractivity (Wildman–Crippen MR) is 65.8 cm³/mol. The summed E-state index contributed by atoms with van der Waals surface area (Å²) in [4.78, 5) is 12.1. The van der Waals surface area contributed by atoms with Crippen LogP contribution in [0.2, 0.25) is 0 Å². The van der Waals surface area contributed by atoms with Crippen molar-refractivity contribution in [3.8, 4) is 0 Å². The van der Waals surface area contributed by atoms with Gasteiger partial charge in [0.1, 0.15) is 6.61 Å². The van der Waals surface area contributed by atoms with Crippen molar-refractivity contribution in [1.82, 2.24) is 4.90 Å². The maximum atomic E-state index is 12.7. The predicted octanol–water partition coefficient (Wildman–Crippen LogP) is 2.57. The normalized spacial score (nSPS) is 23.4. The van der Waals surface area contributed by atoms with Gasteiger partial charge in [0.05, 0.1) is 11.8 Å². The molecular formula is C11H16ClF6NO3. The summed E-state index contributed by atoms with van der Waals surface area (Å²) in [7, 11) is 0. The third-order valence-electron chi connectivity index (χ3n) is 3.16. The second-order valence-corrected chi connectivity index (χ2v) is 4.87. The van der Waals surface area contributed by atoms with E-state index >= 15 is 0 Å². The fourth-order valence-corrected chi connectivity index (χ4v) is 2.23. The lowest BCUT2D eigenvalue weighted by atomic mass is 9.96. The topological polar surface area (TPSA) is 49.8 Å². The number of ether oxygens (including phenoxy) is 1. The molecular weight excluding hydrogens is 344 g/mol. The van der Waals surface area contributed by atoms with Crippen LogP contribution in [0.1, 0.15) is 6.42 Å². The van der Waals surface area contributed by atoms with Crippen LogP contribution in [-0.2, 0) is 9.53 Å². The van der Waals surface area contributed by atoms with Gasteiger partial charge in [0, 0.05) is 26.2 Å². The van der Waals surface area contributed by atoms with Gasteiger partial charge < -0.3 is 14.7 Å². The van der Waals surface area contributed by atoms with E-state index in [1.165, 1.54) is 4.90 Å². The van der Waals surface area contributed by atoms with Gasteiger partial charge in [-0.15, -0.1) is 12.4 Å². The zero-order chi connectivity index (χ0) is 16.3. The molecule has 22 heavy (non-hydrogen) atoms. The van der Waals surface area contributed by atoms with E-state index in [9.17, 15) is 31.1 Å². The van der Waals surface area contributed by atoms with Gasteiger partial charge in [-0.25, -0.2) is 0 Å². The minimum atomic E-state index is -4.61. The Morgan fingerprint density at radius 1 is 1.18 bits per heavy atom. The van der Waals surface area contributed by atoms with Gasteiger partial charge in [-0.2, -0.15) is 26.3 Å². The number of nitrogens with zero attached hydrogens (tertiary/aromatic N) is 1. The molecule has 0 spiro atoms. The highest BCUT2D eigenvalue weighted by Gasteiger charge is 2.52. The summed E-state index contributed by atoms with van der Waals surface area (Å²) in [5, 5.41) is 8.79. The summed E-state index contributed by atoms with van der Waals surface area (Å²) in [6.45, 7) is -2.31. The Bertz CT molecular complexity index is 363. The monoisotopic (exact) mass is 359 g/mol. The molecule has 0 aromatic carbocycles. The smallest absolute Gasteiger partial charge is 0.411 e. The van der Waals surface area contributed by atoms with E-state index in [1.54, 1.807) is 0 Å². The van der Waals surface area contributed by atoms with Crippen molar-refractivity contribution < 1.29 is 41.0 Å². The average Bonchev–Trinajstić information content (AvgIpc) is 2.71. The van der Waals surface area contributed by atoms with Crippen LogP contribution in [0.4, 0.5) is 26.3 Å². The second-order valence-electron chi connectivity index (χ2n) is 4.87. The van der Waals surface area contributed by atoms with Gasteiger partial charge in [-0.3, -0.25) is 4.79 Å². The highest BCUT2D eigenvalue weighted by atomic mass is 35.5. The molecule has 132 valence electrons. The molecule has 1 aliphatic rings. The van der Waals surface area contributed by atoms with Crippen molar-refractivity contribution in [1.29, 1.82) is 0 Å². The summed E-state index contributed by atoms with van der Waals surface area (Å²) in [6, 6.07) is 0. The van der Waals surface area contributed by atoms with Crippen LogP contribution >= 0.6 is 12.4 Å². The summed E-state index contributed by atoms with van der Waals surface area (Å²) in [5.41, 5.74) is 0. The van der Waals surface area contributed by atoms with Crippen molar-refractivity contribution in [2.75, 3.05) is 32.8 Å². The lowest BCUT2D eigenvalue weighted by molar-refractivity contribution is -0.188. The Hall–Kier alpha value is -0.740. The van der Waals surface area contributed by atoms with E-state index in [4.69, 9.17) is 5.11 Å². The van der Waals surface area contributed by atoms with E-state index in [0.29, 0.717) is 0 Å². The molecule has 0 unspecified atom stereocenters. The van der Waals surface area contributed by atoms with Gasteiger partial charge >= 0.3 is 18.3 Å². The number of carboxylic acids is 1. The van der Waals surface area contributed by atoms with Crippen molar-refractivity contribution in [3.63, 3.8) is 0 Å². The minimum absolute atomic E-state index is 0. The largest absolute Gasteiger partial charge is 0.481 e. The van der Waals surface area contributed by atoms with E-state index < -0.39 is 43.3 Å². The SMILES string of the molecule is Cl.O=C(O)[C@@H]1CN(CCCOCC(F)(F)F)C[C@H]1C(F)(F)F. The molecule has 0 aromatic rings. The van der Waals surface area contributed by atoms with Gasteiger partial charge in [0.15, 0.2) is 0 Å². The molecule has 0 bridgehead atoms. The minimum Gasteiger partial charge on any atom is -0.481 e. The van der Waals surface area contributed by atoms with Crippen LogP contribution in [0.5, 0.6) is 0 Å². The third-order valence-corrected chi connectivity index (χ3v) is 3.16. The van der Waals surface area contributed by atoms with Crippen LogP contribution in [0.15, 0.2) is 0 Å². The molecule has 1 aliphatic heterocycles. The Morgan fingerprint density at radius 3 is 2.18 bits per heavy atom. The molecule has 1 saturated heterocycles. The maximum Gasteiger partial charge on any atom is 0.411 e. The first-order chi connectivity index (χ1) is 9.50. The second kappa shape index (κ2) is 8.21. The maximum absolute atomic E-state index is 12.7. The van der Waals surface area contributed by atoms with Crippen molar-refractivity contribution >= 4 is 18.4 Å². The summed E-state index contributed by atoms with van der Waals surface area (Å²) in [6.07, 6.45) is -8.94. The van der Waals surface area contributed by atoms with E-state index in [1.807, 2.05) is 0 Å². The Labute approximate surface area is 128 Å². The lowest BCUT2D eigenvalue weighted by Crippen LogP contribution is -2.33. The highest BCUT2D eigenvalue weighted by molar-refractivity contribution is 5.85. The van der Waals surface area contributed by atoms with Gasteiger partial charge in [-0.1, -0.05) is 0 Å². The number of carboxylic acid groups (broad SMARTS) is 1. The number of aliphatic carboxylic acids is 1. The standard InChI is InChI=1S/C11H15F6NO3.ClH/c12-10(13,14)6-21-3-1-2-18-4-7(9(19)20)8(5-18)11(15,16)17;/h7-8H,1-6H2,(H,19,20);1H/t7-,8-;/m1./s1. The summed E-state index contributed by atoms with van der Waals surface area (Å²) < 4.78 is 77.7. The van der Waals surface area contributed by atoms with E-state index in [-0.39, 0.29) is 38.5 Å². The zero-order valence-corrected chi connectivity index (χ0v) is 12.1. The molecule has 1 heterocycles. The highest BCUT2D eigenvalue weighted by Crippen LogP contribution is 2.37. The fraction of sp³-hybridized carbons (Fsp3) is 0.909. The number of hydrogen-bond acceptors (Lipinski definition) is 3. The first-order valence-electron chi connectivity index (χ1n) is 6.17. The Kier molecular flexibility index (Phi) is 7.93. The molecule has 4 nitrogen and oxygen atoms in total. The molecule has 11 heteroatoms. The number of carbonyl (C=O) groups is 1. The van der Waals surface area contributed by atoms with Crippen LogP contribution in [0, 0.1) is 11.8 Å². The molecule has 0 saturated carbocycles. The number of rotatable bonds is 6. The van der Waals surface area contributed by atoms with Gasteiger partial charge in [-0.05, 0) is 6.42 Å². The number of halogens is 7. The fourth-order valence-electron chi connectivity index (χ4n) is 2.23. The quantitative estimate of drug-likeness (QED) is 0.585. The Balaban J connectivity index is 0.00000441. The number of likely N-dealkylation sites (tertiary alicyclic amines) is 1. The molecule has 1 fully saturated rings. The average molecular weight is 360 g/mol. The third kappa shape index (κ3) is 7.01. The van der Waals surface area contributed by atoms with E-state index in [0.717, 1.165) is 0 Å². The zero-order valence-electron chi connectivity index (χ0n) is 11.3. The molecule has 0 radical (unpaired) electrons. The molecule has 0 aliphatic carbocycles. The molecule has 1 rings (SSSR count). The summed E-state index contributed by atoms with van der Waals surface area (Å²) >= 11 is 0. The Morgan fingerprint density at radius 2 is 1.77 bits per heavy atom.